The zero-order chi connectivity index (χ0) is 9.26. The Labute approximate surface area is 90.8 Å². The summed E-state index contributed by atoms with van der Waals surface area (Å²) >= 11 is 0. The molecule has 2 aliphatic rings. The van der Waals surface area contributed by atoms with Crippen molar-refractivity contribution in [1.82, 2.24) is 15.5 Å². The first-order chi connectivity index (χ1) is 6.25. The van der Waals surface area contributed by atoms with E-state index >= 15 is 0 Å². The van der Waals surface area contributed by atoms with Crippen LogP contribution in [-0.4, -0.2) is 42.6 Å². The predicted molar refractivity (Wildman–Crippen MR) is 57.8 cm³/mol. The quantitative estimate of drug-likeness (QED) is 0.678. The number of hydrogen-bond acceptors (Lipinski definition) is 2. The molecule has 14 heavy (non-hydrogen) atoms. The van der Waals surface area contributed by atoms with Gasteiger partial charge in [-0.2, -0.15) is 0 Å². The van der Waals surface area contributed by atoms with E-state index in [0.717, 1.165) is 32.5 Å². The van der Waals surface area contributed by atoms with E-state index in [4.69, 9.17) is 0 Å². The molecule has 2 fully saturated rings. The number of carbonyl (C=O) groups excluding carboxylic acids is 1. The van der Waals surface area contributed by atoms with Gasteiger partial charge in [-0.1, -0.05) is 0 Å². The number of hydrogen-bond donors (Lipinski definition) is 2. The Bertz CT molecular complexity index is 208. The van der Waals surface area contributed by atoms with Crippen molar-refractivity contribution in [2.24, 2.45) is 0 Å². The Morgan fingerprint density at radius 2 is 2.21 bits per heavy atom. The summed E-state index contributed by atoms with van der Waals surface area (Å²) in [4.78, 5) is 13.5. The minimum atomic E-state index is 0. The van der Waals surface area contributed by atoms with Crippen LogP contribution in [0.15, 0.2) is 0 Å². The number of amides is 2. The van der Waals surface area contributed by atoms with E-state index in [0.29, 0.717) is 12.1 Å². The number of piperazine rings is 1. The number of urea groups is 1. The molecule has 1 aliphatic carbocycles. The minimum Gasteiger partial charge on any atom is -0.335 e. The first-order valence-electron chi connectivity index (χ1n) is 5.04. The molecule has 0 spiro atoms. The fraction of sp³-hybridized carbons (Fsp3) is 0.889. The average Bonchev–Trinajstić information content (AvgIpc) is 2.88. The molecule has 0 aromatic rings. The Kier molecular flexibility index (Phi) is 4.01. The highest BCUT2D eigenvalue weighted by atomic mass is 35.5. The second kappa shape index (κ2) is 4.84. The Morgan fingerprint density at radius 3 is 2.79 bits per heavy atom. The monoisotopic (exact) mass is 219 g/mol. The van der Waals surface area contributed by atoms with Gasteiger partial charge in [0.1, 0.15) is 0 Å². The van der Waals surface area contributed by atoms with Crippen LogP contribution in [0.1, 0.15) is 19.8 Å². The first kappa shape index (κ1) is 11.6. The molecule has 4 nitrogen and oxygen atoms in total. The van der Waals surface area contributed by atoms with Gasteiger partial charge in [-0.05, 0) is 19.8 Å². The van der Waals surface area contributed by atoms with Crippen molar-refractivity contribution in [3.8, 4) is 0 Å². The van der Waals surface area contributed by atoms with Gasteiger partial charge in [0.2, 0.25) is 0 Å². The van der Waals surface area contributed by atoms with Gasteiger partial charge >= 0.3 is 6.03 Å². The standard InChI is InChI=1S/C9H17N3O.ClH/c1-7-6-12(5-4-10-7)9(13)11-8-2-3-8;/h7-8,10H,2-6H2,1H3,(H,11,13);1H/t7-;/m1./s1. The third-order valence-corrected chi connectivity index (χ3v) is 2.56. The fourth-order valence-electron chi connectivity index (χ4n) is 1.61. The summed E-state index contributed by atoms with van der Waals surface area (Å²) in [6, 6.07) is 1.02. The number of halogens is 1. The molecule has 2 amide bonds. The van der Waals surface area contributed by atoms with Gasteiger partial charge in [0, 0.05) is 31.7 Å². The number of rotatable bonds is 1. The van der Waals surface area contributed by atoms with Gasteiger partial charge in [0.05, 0.1) is 0 Å². The van der Waals surface area contributed by atoms with Gasteiger partial charge in [0.15, 0.2) is 0 Å². The van der Waals surface area contributed by atoms with E-state index in [1.165, 1.54) is 0 Å². The second-order valence-corrected chi connectivity index (χ2v) is 4.02. The third kappa shape index (κ3) is 3.03. The lowest BCUT2D eigenvalue weighted by Crippen LogP contribution is -2.54. The third-order valence-electron chi connectivity index (χ3n) is 2.56. The molecule has 0 aromatic carbocycles. The van der Waals surface area contributed by atoms with Crippen LogP contribution >= 0.6 is 12.4 Å². The van der Waals surface area contributed by atoms with Crippen LogP contribution in [0.2, 0.25) is 0 Å². The van der Waals surface area contributed by atoms with E-state index in [2.05, 4.69) is 17.6 Å². The average molecular weight is 220 g/mol. The fourth-order valence-corrected chi connectivity index (χ4v) is 1.61. The highest BCUT2D eigenvalue weighted by Gasteiger charge is 2.27. The maximum Gasteiger partial charge on any atom is 0.317 e. The van der Waals surface area contributed by atoms with Gasteiger partial charge in [-0.3, -0.25) is 0 Å². The Balaban J connectivity index is 0.000000980. The Morgan fingerprint density at radius 1 is 1.50 bits per heavy atom. The molecule has 1 atom stereocenters. The van der Waals surface area contributed by atoms with Crippen molar-refractivity contribution in [3.05, 3.63) is 0 Å². The number of carbonyl (C=O) groups is 1. The maximum absolute atomic E-state index is 11.6. The normalized spacial score (nSPS) is 26.6. The summed E-state index contributed by atoms with van der Waals surface area (Å²) in [5.41, 5.74) is 0. The topological polar surface area (TPSA) is 44.4 Å². The molecule has 0 unspecified atom stereocenters. The van der Waals surface area contributed by atoms with E-state index in [1.54, 1.807) is 0 Å². The van der Waals surface area contributed by atoms with Crippen LogP contribution < -0.4 is 10.6 Å². The van der Waals surface area contributed by atoms with E-state index in [9.17, 15) is 4.79 Å². The highest BCUT2D eigenvalue weighted by Crippen LogP contribution is 2.19. The summed E-state index contributed by atoms with van der Waals surface area (Å²) in [7, 11) is 0. The van der Waals surface area contributed by atoms with Crippen LogP contribution in [-0.2, 0) is 0 Å². The van der Waals surface area contributed by atoms with Gasteiger partial charge in [0.25, 0.3) is 0 Å². The van der Waals surface area contributed by atoms with Crippen LogP contribution in [0.25, 0.3) is 0 Å². The second-order valence-electron chi connectivity index (χ2n) is 4.02. The largest absolute Gasteiger partial charge is 0.335 e. The molecule has 2 N–H and O–H groups in total. The van der Waals surface area contributed by atoms with E-state index in [-0.39, 0.29) is 18.4 Å². The van der Waals surface area contributed by atoms with Crippen LogP contribution in [0.3, 0.4) is 0 Å². The highest BCUT2D eigenvalue weighted by molar-refractivity contribution is 5.85. The van der Waals surface area contributed by atoms with Gasteiger partial charge in [-0.15, -0.1) is 12.4 Å². The molecule has 2 rings (SSSR count). The van der Waals surface area contributed by atoms with E-state index in [1.807, 2.05) is 4.90 Å². The zero-order valence-electron chi connectivity index (χ0n) is 8.45. The van der Waals surface area contributed by atoms with Crippen LogP contribution in [0, 0.1) is 0 Å². The van der Waals surface area contributed by atoms with E-state index < -0.39 is 0 Å². The number of nitrogens with one attached hydrogen (secondary N) is 2. The summed E-state index contributed by atoms with van der Waals surface area (Å²) < 4.78 is 0. The molecule has 1 saturated carbocycles. The lowest BCUT2D eigenvalue weighted by atomic mass is 10.2. The SMILES string of the molecule is C[C@@H]1CN(C(=O)NC2CC2)CCN1.Cl. The van der Waals surface area contributed by atoms with Crippen molar-refractivity contribution >= 4 is 18.4 Å². The van der Waals surface area contributed by atoms with Crippen molar-refractivity contribution in [1.29, 1.82) is 0 Å². The number of nitrogens with zero attached hydrogens (tertiary/aromatic N) is 1. The molecule has 0 aromatic heterocycles. The maximum atomic E-state index is 11.6. The lowest BCUT2D eigenvalue weighted by molar-refractivity contribution is 0.179. The molecule has 1 saturated heterocycles. The first-order valence-corrected chi connectivity index (χ1v) is 5.04. The lowest BCUT2D eigenvalue weighted by Gasteiger charge is -2.31. The molecule has 1 aliphatic heterocycles. The van der Waals surface area contributed by atoms with Crippen LogP contribution in [0.4, 0.5) is 4.79 Å². The van der Waals surface area contributed by atoms with Crippen molar-refractivity contribution in [2.75, 3.05) is 19.6 Å². The molecular formula is C9H18ClN3O. The van der Waals surface area contributed by atoms with Crippen molar-refractivity contribution < 1.29 is 4.79 Å². The summed E-state index contributed by atoms with van der Waals surface area (Å²) in [6.07, 6.45) is 2.32. The molecule has 0 radical (unpaired) electrons. The van der Waals surface area contributed by atoms with Gasteiger partial charge in [-0.25, -0.2) is 4.79 Å². The molecule has 1 heterocycles. The molecule has 82 valence electrons. The minimum absolute atomic E-state index is 0. The Hall–Kier alpha value is -0.480. The smallest absolute Gasteiger partial charge is 0.317 e. The molecule has 0 bridgehead atoms. The van der Waals surface area contributed by atoms with Crippen molar-refractivity contribution in [3.63, 3.8) is 0 Å². The molecular weight excluding hydrogens is 202 g/mol. The summed E-state index contributed by atoms with van der Waals surface area (Å²) in [5, 5.41) is 6.32. The van der Waals surface area contributed by atoms with Crippen molar-refractivity contribution in [2.45, 2.75) is 31.8 Å². The van der Waals surface area contributed by atoms with Gasteiger partial charge < -0.3 is 15.5 Å². The summed E-state index contributed by atoms with van der Waals surface area (Å²) in [6.45, 7) is 4.69. The molecule has 5 heteroatoms. The predicted octanol–water partition coefficient (Wildman–Crippen LogP) is 0.574. The zero-order valence-corrected chi connectivity index (χ0v) is 9.27. The summed E-state index contributed by atoms with van der Waals surface area (Å²) in [5.74, 6) is 0. The van der Waals surface area contributed by atoms with Crippen LogP contribution in [0.5, 0.6) is 0 Å².